The molecule has 2 aliphatic carbocycles. The van der Waals surface area contributed by atoms with Gasteiger partial charge in [-0.1, -0.05) is 48.5 Å². The van der Waals surface area contributed by atoms with E-state index in [-0.39, 0.29) is 5.78 Å². The number of rotatable bonds is 5. The molecule has 3 heteroatoms. The summed E-state index contributed by atoms with van der Waals surface area (Å²) in [5.41, 5.74) is 4.84. The zero-order valence-electron chi connectivity index (χ0n) is 15.4. The van der Waals surface area contributed by atoms with Crippen LogP contribution in [0.25, 0.3) is 6.08 Å². The molecule has 0 aliphatic heterocycles. The normalized spacial score (nSPS) is 17.7. The highest BCUT2D eigenvalue weighted by Crippen LogP contribution is 2.39. The number of ether oxygens (including phenoxy) is 2. The van der Waals surface area contributed by atoms with Crippen molar-refractivity contribution in [1.82, 2.24) is 0 Å². The van der Waals surface area contributed by atoms with Gasteiger partial charge in [0.15, 0.2) is 5.78 Å². The first-order chi connectivity index (χ1) is 13.2. The molecule has 0 unspecified atom stereocenters. The molecule has 1 saturated carbocycles. The van der Waals surface area contributed by atoms with Crippen LogP contribution >= 0.6 is 0 Å². The van der Waals surface area contributed by atoms with Gasteiger partial charge < -0.3 is 9.47 Å². The molecule has 0 N–H and O–H groups in total. The van der Waals surface area contributed by atoms with Gasteiger partial charge in [0, 0.05) is 18.4 Å². The van der Waals surface area contributed by atoms with Gasteiger partial charge in [0.05, 0.1) is 12.7 Å². The third-order valence-electron chi connectivity index (χ3n) is 4.97. The summed E-state index contributed by atoms with van der Waals surface area (Å²) in [6, 6.07) is 17.8. The molecule has 4 rings (SSSR count). The first-order valence-corrected chi connectivity index (χ1v) is 9.23. The molecule has 0 atom stereocenters. The van der Waals surface area contributed by atoms with Gasteiger partial charge in [-0.3, -0.25) is 4.79 Å². The molecular formula is C24H22O3. The van der Waals surface area contributed by atoms with Crippen molar-refractivity contribution >= 4 is 11.9 Å². The molecule has 0 amide bonds. The zero-order chi connectivity index (χ0) is 18.6. The monoisotopic (exact) mass is 358 g/mol. The number of hydrogen-bond acceptors (Lipinski definition) is 3. The third kappa shape index (κ3) is 3.72. The second kappa shape index (κ2) is 7.67. The van der Waals surface area contributed by atoms with Gasteiger partial charge >= 0.3 is 0 Å². The Morgan fingerprint density at radius 1 is 1.04 bits per heavy atom. The topological polar surface area (TPSA) is 35.5 Å². The molecule has 0 heterocycles. The molecule has 0 spiro atoms. The van der Waals surface area contributed by atoms with Gasteiger partial charge in [0.2, 0.25) is 0 Å². The number of ketones is 1. The van der Waals surface area contributed by atoms with Gasteiger partial charge in [-0.25, -0.2) is 0 Å². The number of carbonyl (C=O) groups is 1. The Balaban J connectivity index is 1.55. The molecule has 3 nitrogen and oxygen atoms in total. The first-order valence-electron chi connectivity index (χ1n) is 9.23. The molecule has 0 aromatic heterocycles. The molecule has 27 heavy (non-hydrogen) atoms. The van der Waals surface area contributed by atoms with Crippen LogP contribution < -0.4 is 4.74 Å². The van der Waals surface area contributed by atoms with Gasteiger partial charge in [-0.2, -0.15) is 0 Å². The molecule has 1 fully saturated rings. The SMILES string of the molecule is COc1ccc(COC2=C3C(=O)/C(=C\c4ccccc4)CC3=CCC2)cc1. The predicted octanol–water partition coefficient (Wildman–Crippen LogP) is 5.24. The van der Waals surface area contributed by atoms with Crippen molar-refractivity contribution in [2.24, 2.45) is 0 Å². The van der Waals surface area contributed by atoms with Crippen molar-refractivity contribution in [1.29, 1.82) is 0 Å². The zero-order valence-corrected chi connectivity index (χ0v) is 15.4. The van der Waals surface area contributed by atoms with E-state index in [1.165, 1.54) is 0 Å². The minimum absolute atomic E-state index is 0.106. The van der Waals surface area contributed by atoms with Crippen molar-refractivity contribution in [3.05, 3.63) is 94.3 Å². The summed E-state index contributed by atoms with van der Waals surface area (Å²) >= 11 is 0. The smallest absolute Gasteiger partial charge is 0.193 e. The van der Waals surface area contributed by atoms with E-state index < -0.39 is 0 Å². The maximum absolute atomic E-state index is 13.0. The Morgan fingerprint density at radius 3 is 2.56 bits per heavy atom. The van der Waals surface area contributed by atoms with Gasteiger partial charge in [-0.05, 0) is 41.3 Å². The summed E-state index contributed by atoms with van der Waals surface area (Å²) in [6.07, 6.45) is 6.56. The van der Waals surface area contributed by atoms with E-state index in [0.29, 0.717) is 13.0 Å². The number of Topliss-reactive ketones (excluding diaryl/α,β-unsaturated/α-hetero) is 1. The van der Waals surface area contributed by atoms with E-state index in [1.807, 2.05) is 60.7 Å². The Kier molecular flexibility index (Phi) is 4.93. The molecule has 2 aliphatic rings. The average Bonchev–Trinajstić information content (AvgIpc) is 3.03. The number of fused-ring (bicyclic) bond motifs is 1. The van der Waals surface area contributed by atoms with Crippen molar-refractivity contribution in [3.8, 4) is 5.75 Å². The molecule has 0 bridgehead atoms. The van der Waals surface area contributed by atoms with Gasteiger partial charge in [0.1, 0.15) is 18.1 Å². The van der Waals surface area contributed by atoms with Crippen LogP contribution in [-0.4, -0.2) is 12.9 Å². The minimum atomic E-state index is 0.106. The molecule has 136 valence electrons. The van der Waals surface area contributed by atoms with E-state index >= 15 is 0 Å². The highest BCUT2D eigenvalue weighted by Gasteiger charge is 2.33. The van der Waals surface area contributed by atoms with E-state index in [0.717, 1.165) is 52.2 Å². The minimum Gasteiger partial charge on any atom is -0.497 e. The molecule has 0 radical (unpaired) electrons. The summed E-state index contributed by atoms with van der Waals surface area (Å²) in [7, 11) is 1.65. The summed E-state index contributed by atoms with van der Waals surface area (Å²) in [4.78, 5) is 13.0. The van der Waals surface area contributed by atoms with Crippen LogP contribution in [0.4, 0.5) is 0 Å². The van der Waals surface area contributed by atoms with Crippen molar-refractivity contribution in [2.75, 3.05) is 7.11 Å². The second-order valence-corrected chi connectivity index (χ2v) is 6.79. The average molecular weight is 358 g/mol. The highest BCUT2D eigenvalue weighted by atomic mass is 16.5. The largest absolute Gasteiger partial charge is 0.497 e. The molecule has 0 saturated heterocycles. The van der Waals surface area contributed by atoms with Gasteiger partial charge in [-0.15, -0.1) is 0 Å². The van der Waals surface area contributed by atoms with Gasteiger partial charge in [0.25, 0.3) is 0 Å². The number of methoxy groups -OCH3 is 1. The number of hydrogen-bond donors (Lipinski definition) is 0. The number of allylic oxidation sites excluding steroid dienone is 5. The Morgan fingerprint density at radius 2 is 1.81 bits per heavy atom. The quantitative estimate of drug-likeness (QED) is 0.686. The predicted molar refractivity (Wildman–Crippen MR) is 106 cm³/mol. The highest BCUT2D eigenvalue weighted by molar-refractivity contribution is 6.17. The number of benzene rings is 2. The molecular weight excluding hydrogens is 336 g/mol. The lowest BCUT2D eigenvalue weighted by molar-refractivity contribution is -0.111. The lowest BCUT2D eigenvalue weighted by Crippen LogP contribution is -2.07. The van der Waals surface area contributed by atoms with Crippen LogP contribution in [0.1, 0.15) is 30.4 Å². The van der Waals surface area contributed by atoms with E-state index in [9.17, 15) is 4.79 Å². The van der Waals surface area contributed by atoms with Crippen LogP contribution in [0.5, 0.6) is 5.75 Å². The maximum Gasteiger partial charge on any atom is 0.193 e. The summed E-state index contributed by atoms with van der Waals surface area (Å²) < 4.78 is 11.3. The Hall–Kier alpha value is -3.07. The molecule has 2 aromatic carbocycles. The molecule has 2 aromatic rings. The third-order valence-corrected chi connectivity index (χ3v) is 4.97. The van der Waals surface area contributed by atoms with E-state index in [4.69, 9.17) is 9.47 Å². The van der Waals surface area contributed by atoms with Crippen molar-refractivity contribution in [2.45, 2.75) is 25.9 Å². The van der Waals surface area contributed by atoms with Crippen LogP contribution in [0.2, 0.25) is 0 Å². The standard InChI is InChI=1S/C24H22O3/c1-26-21-12-10-18(11-13-21)16-27-22-9-5-8-19-15-20(24(25)23(19)22)14-17-6-3-2-4-7-17/h2-4,6-8,10-14H,5,9,15-16H2,1H3/b20-14-. The van der Waals surface area contributed by atoms with Crippen molar-refractivity contribution in [3.63, 3.8) is 0 Å². The lowest BCUT2D eigenvalue weighted by atomic mass is 9.98. The van der Waals surface area contributed by atoms with Crippen LogP contribution in [0.3, 0.4) is 0 Å². The Labute approximate surface area is 159 Å². The first kappa shape index (κ1) is 17.3. The van der Waals surface area contributed by atoms with Crippen LogP contribution in [0.15, 0.2) is 83.2 Å². The maximum atomic E-state index is 13.0. The van der Waals surface area contributed by atoms with E-state index in [1.54, 1.807) is 7.11 Å². The lowest BCUT2D eigenvalue weighted by Gasteiger charge is -2.17. The fraction of sp³-hybridized carbons (Fsp3) is 0.208. The Bertz CT molecular complexity index is 931. The number of carbonyl (C=O) groups excluding carboxylic acids is 1. The van der Waals surface area contributed by atoms with E-state index in [2.05, 4.69) is 6.08 Å². The van der Waals surface area contributed by atoms with Crippen LogP contribution in [0, 0.1) is 0 Å². The second-order valence-electron chi connectivity index (χ2n) is 6.79. The fourth-order valence-electron chi connectivity index (χ4n) is 3.57. The fourth-order valence-corrected chi connectivity index (χ4v) is 3.57. The van der Waals surface area contributed by atoms with Crippen molar-refractivity contribution < 1.29 is 14.3 Å². The summed E-state index contributed by atoms with van der Waals surface area (Å²) in [5.74, 6) is 1.75. The van der Waals surface area contributed by atoms with Crippen LogP contribution in [-0.2, 0) is 16.1 Å². The summed E-state index contributed by atoms with van der Waals surface area (Å²) in [5, 5.41) is 0. The summed E-state index contributed by atoms with van der Waals surface area (Å²) in [6.45, 7) is 0.459.